The van der Waals surface area contributed by atoms with E-state index in [1.165, 1.54) is 0 Å². The minimum absolute atomic E-state index is 0.278. The normalized spacial score (nSPS) is 27.0. The monoisotopic (exact) mass is 129 g/mol. The highest BCUT2D eigenvalue weighted by atomic mass is 16.5. The molecule has 0 aromatic heterocycles. The van der Waals surface area contributed by atoms with E-state index in [-0.39, 0.29) is 12.3 Å². The maximum atomic E-state index is 10.5. The summed E-state index contributed by atoms with van der Waals surface area (Å²) in [6, 6.07) is -0.600. The van der Waals surface area contributed by atoms with E-state index in [1.54, 1.807) is 0 Å². The van der Waals surface area contributed by atoms with Crippen LogP contribution in [0.3, 0.4) is 0 Å². The van der Waals surface area contributed by atoms with Crippen molar-refractivity contribution in [3.63, 3.8) is 0 Å². The van der Waals surface area contributed by atoms with Crippen LogP contribution in [0.2, 0.25) is 0 Å². The highest BCUT2D eigenvalue weighted by Crippen LogP contribution is 2.13. The van der Waals surface area contributed by atoms with Crippen LogP contribution in [0.1, 0.15) is 12.8 Å². The fraction of sp³-hybridized carbons (Fsp3) is 0.600. The van der Waals surface area contributed by atoms with Gasteiger partial charge in [-0.05, 0) is 6.42 Å². The molecule has 4 nitrogen and oxygen atoms in total. The molecule has 0 aliphatic carbocycles. The third kappa shape index (κ3) is 0.929. The first-order chi connectivity index (χ1) is 4.25. The number of hydrogen-bond donors (Lipinski definition) is 1. The molecule has 0 aromatic rings. The molecular weight excluding hydrogens is 122 g/mol. The second-order valence-corrected chi connectivity index (χ2v) is 1.98. The summed E-state index contributed by atoms with van der Waals surface area (Å²) in [6.45, 7) is 0. The van der Waals surface area contributed by atoms with Crippen molar-refractivity contribution >= 4 is 12.2 Å². The fourth-order valence-corrected chi connectivity index (χ4v) is 0.819. The van der Waals surface area contributed by atoms with Crippen LogP contribution in [0.15, 0.2) is 0 Å². The molecule has 1 heterocycles. The Hall–Kier alpha value is -0.900. The molecule has 1 rings (SSSR count). The van der Waals surface area contributed by atoms with E-state index in [0.29, 0.717) is 17.8 Å². The van der Waals surface area contributed by atoms with Crippen molar-refractivity contribution in [3.8, 4) is 0 Å². The topological polar surface area (TPSA) is 57.6 Å². The standard InChI is InChI=1S/C5H7NO3/c7-3-4-1-2-5(8)6(4)9/h3-4,9H,1-2H2/t4-/m0/s1. The van der Waals surface area contributed by atoms with Gasteiger partial charge in [0.25, 0.3) is 0 Å². The summed E-state index contributed by atoms with van der Waals surface area (Å²) < 4.78 is 0. The maximum Gasteiger partial charge on any atom is 0.246 e. The quantitative estimate of drug-likeness (QED) is 0.386. The van der Waals surface area contributed by atoms with Gasteiger partial charge in [0.2, 0.25) is 5.91 Å². The fourth-order valence-electron chi connectivity index (χ4n) is 0.819. The molecule has 1 atom stereocenters. The number of hydrogen-bond acceptors (Lipinski definition) is 3. The van der Waals surface area contributed by atoms with E-state index in [4.69, 9.17) is 5.21 Å². The summed E-state index contributed by atoms with van der Waals surface area (Å²) >= 11 is 0. The summed E-state index contributed by atoms with van der Waals surface area (Å²) in [5, 5.41) is 9.20. The van der Waals surface area contributed by atoms with E-state index >= 15 is 0 Å². The second kappa shape index (κ2) is 2.14. The molecule has 1 amide bonds. The van der Waals surface area contributed by atoms with Crippen LogP contribution < -0.4 is 0 Å². The van der Waals surface area contributed by atoms with Gasteiger partial charge in [0, 0.05) is 6.42 Å². The SMILES string of the molecule is O=C[C@@H]1CCC(=O)N1O. The lowest BCUT2D eigenvalue weighted by Gasteiger charge is -2.09. The van der Waals surface area contributed by atoms with Crippen molar-refractivity contribution in [2.75, 3.05) is 0 Å². The summed E-state index contributed by atoms with van der Waals surface area (Å²) in [4.78, 5) is 20.5. The van der Waals surface area contributed by atoms with E-state index in [1.807, 2.05) is 0 Å². The molecule has 0 radical (unpaired) electrons. The van der Waals surface area contributed by atoms with Crippen molar-refractivity contribution in [1.82, 2.24) is 5.06 Å². The van der Waals surface area contributed by atoms with Crippen LogP contribution in [-0.2, 0) is 9.59 Å². The van der Waals surface area contributed by atoms with Crippen molar-refractivity contribution in [3.05, 3.63) is 0 Å². The van der Waals surface area contributed by atoms with Gasteiger partial charge in [-0.15, -0.1) is 0 Å². The maximum absolute atomic E-state index is 10.5. The smallest absolute Gasteiger partial charge is 0.246 e. The van der Waals surface area contributed by atoms with E-state index in [0.717, 1.165) is 0 Å². The number of aldehydes is 1. The highest BCUT2D eigenvalue weighted by molar-refractivity contribution is 5.82. The molecule has 1 aliphatic heterocycles. The first kappa shape index (κ1) is 6.22. The van der Waals surface area contributed by atoms with Gasteiger partial charge in [0.15, 0.2) is 0 Å². The van der Waals surface area contributed by atoms with Crippen LogP contribution in [0, 0.1) is 0 Å². The molecule has 0 unspecified atom stereocenters. The Morgan fingerprint density at radius 1 is 1.78 bits per heavy atom. The lowest BCUT2D eigenvalue weighted by Crippen LogP contribution is -2.30. The first-order valence-corrected chi connectivity index (χ1v) is 2.72. The van der Waals surface area contributed by atoms with Gasteiger partial charge in [0.05, 0.1) is 0 Å². The molecule has 0 spiro atoms. The Balaban J connectivity index is 2.61. The van der Waals surface area contributed by atoms with Gasteiger partial charge in [-0.2, -0.15) is 0 Å². The molecule has 50 valence electrons. The number of carbonyl (C=O) groups is 2. The van der Waals surface area contributed by atoms with Gasteiger partial charge in [-0.3, -0.25) is 10.0 Å². The molecule has 0 aromatic carbocycles. The number of rotatable bonds is 1. The van der Waals surface area contributed by atoms with E-state index < -0.39 is 6.04 Å². The predicted molar refractivity (Wildman–Crippen MR) is 27.7 cm³/mol. The van der Waals surface area contributed by atoms with Crippen molar-refractivity contribution in [2.45, 2.75) is 18.9 Å². The van der Waals surface area contributed by atoms with Gasteiger partial charge in [-0.1, -0.05) is 0 Å². The molecule has 1 N–H and O–H groups in total. The molecule has 0 saturated carbocycles. The lowest BCUT2D eigenvalue weighted by atomic mass is 10.2. The predicted octanol–water partition coefficient (Wildman–Crippen LogP) is -0.434. The summed E-state index contributed by atoms with van der Waals surface area (Å²) in [6.07, 6.45) is 1.30. The number of amides is 1. The van der Waals surface area contributed by atoms with Gasteiger partial charge >= 0.3 is 0 Å². The Morgan fingerprint density at radius 2 is 2.44 bits per heavy atom. The zero-order chi connectivity index (χ0) is 6.85. The number of hydroxylamine groups is 2. The van der Waals surface area contributed by atoms with Crippen molar-refractivity contribution < 1.29 is 14.8 Å². The van der Waals surface area contributed by atoms with Crippen molar-refractivity contribution in [2.24, 2.45) is 0 Å². The Bertz CT molecular complexity index is 145. The Morgan fingerprint density at radius 3 is 2.67 bits per heavy atom. The van der Waals surface area contributed by atoms with Gasteiger partial charge < -0.3 is 4.79 Å². The van der Waals surface area contributed by atoms with E-state index in [2.05, 4.69) is 0 Å². The summed E-state index contributed by atoms with van der Waals surface area (Å²) in [7, 11) is 0. The summed E-state index contributed by atoms with van der Waals surface area (Å²) in [5.74, 6) is -0.368. The minimum atomic E-state index is -0.600. The average molecular weight is 129 g/mol. The second-order valence-electron chi connectivity index (χ2n) is 1.98. The number of carbonyl (C=O) groups excluding carboxylic acids is 2. The summed E-state index contributed by atoms with van der Waals surface area (Å²) in [5.41, 5.74) is 0. The zero-order valence-electron chi connectivity index (χ0n) is 4.78. The molecule has 9 heavy (non-hydrogen) atoms. The molecular formula is C5H7NO3. The third-order valence-corrected chi connectivity index (χ3v) is 1.38. The van der Waals surface area contributed by atoms with Crippen LogP contribution in [0.5, 0.6) is 0 Å². The average Bonchev–Trinajstić information content (AvgIpc) is 2.15. The molecule has 1 fully saturated rings. The van der Waals surface area contributed by atoms with Crippen LogP contribution in [0.4, 0.5) is 0 Å². The minimum Gasteiger partial charge on any atom is -0.301 e. The van der Waals surface area contributed by atoms with E-state index in [9.17, 15) is 9.59 Å². The largest absolute Gasteiger partial charge is 0.301 e. The Kier molecular flexibility index (Phi) is 1.48. The lowest BCUT2D eigenvalue weighted by molar-refractivity contribution is -0.166. The van der Waals surface area contributed by atoms with Crippen LogP contribution >= 0.6 is 0 Å². The van der Waals surface area contributed by atoms with Gasteiger partial charge in [-0.25, -0.2) is 5.06 Å². The molecule has 4 heteroatoms. The van der Waals surface area contributed by atoms with Crippen LogP contribution in [0.25, 0.3) is 0 Å². The zero-order valence-corrected chi connectivity index (χ0v) is 4.78. The van der Waals surface area contributed by atoms with Crippen LogP contribution in [-0.4, -0.2) is 28.5 Å². The van der Waals surface area contributed by atoms with Gasteiger partial charge in [0.1, 0.15) is 12.3 Å². The molecule has 1 saturated heterocycles. The number of nitrogens with zero attached hydrogens (tertiary/aromatic N) is 1. The Labute approximate surface area is 52.0 Å². The third-order valence-electron chi connectivity index (χ3n) is 1.38. The molecule has 1 aliphatic rings. The van der Waals surface area contributed by atoms with Crippen molar-refractivity contribution in [1.29, 1.82) is 0 Å². The highest BCUT2D eigenvalue weighted by Gasteiger charge is 2.28. The first-order valence-electron chi connectivity index (χ1n) is 2.72. The molecule has 0 bridgehead atoms.